The minimum Gasteiger partial charge on any atom is -0.481 e. The molecule has 0 spiro atoms. The molecule has 2 heterocycles. The number of likely N-dealkylation sites (tertiary alicyclic amines) is 2. The maximum absolute atomic E-state index is 14.7. The largest absolute Gasteiger partial charge is 0.481 e. The number of carboxylic acid groups (broad SMARTS) is 1. The number of nitrogens with one attached hydrogen (secondary N) is 5. The van der Waals surface area contributed by atoms with Crippen LogP contribution >= 0.6 is 11.8 Å². The van der Waals surface area contributed by atoms with Gasteiger partial charge in [-0.25, -0.2) is 4.79 Å². The molecular weight excluding hydrogens is 1770 g/mol. The molecule has 44 heteroatoms. The number of aliphatic hydroxyl groups is 7. The molecule has 0 aliphatic carbocycles. The van der Waals surface area contributed by atoms with E-state index in [0.29, 0.717) is 45.1 Å². The van der Waals surface area contributed by atoms with E-state index in [1.165, 1.54) is 37.8 Å². The molecule has 43 nitrogen and oxygen atoms in total. The van der Waals surface area contributed by atoms with Gasteiger partial charge in [0.1, 0.15) is 55.8 Å². The number of methoxy groups -OCH3 is 2. The van der Waals surface area contributed by atoms with E-state index in [0.717, 1.165) is 5.56 Å². The van der Waals surface area contributed by atoms with Crippen molar-refractivity contribution in [2.24, 2.45) is 23.7 Å². The number of unbranched alkanes of at least 4 members (excludes halogenated alkanes) is 2. The summed E-state index contributed by atoms with van der Waals surface area (Å²) in [6, 6.07) is 4.22. The number of esters is 3. The molecule has 0 saturated carbocycles. The lowest BCUT2D eigenvalue weighted by atomic mass is 9.89. The van der Waals surface area contributed by atoms with Crippen LogP contribution in [-0.2, 0) is 130 Å². The molecule has 2 aliphatic heterocycles. The lowest BCUT2D eigenvalue weighted by Gasteiger charge is -2.41. The second kappa shape index (κ2) is 66.6. The number of nitrogens with zero attached hydrogens (tertiary/aromatic N) is 4. The van der Waals surface area contributed by atoms with Crippen LogP contribution in [0.15, 0.2) is 30.3 Å². The third-order valence-electron chi connectivity index (χ3n) is 22.4. The van der Waals surface area contributed by atoms with E-state index >= 15 is 0 Å². The fraction of sp³-hybridized carbons (Fsp3) is 0.787. The number of thioether (sulfide) groups is 1. The van der Waals surface area contributed by atoms with Crippen molar-refractivity contribution in [1.82, 2.24) is 46.2 Å². The number of carbonyl (C=O) groups excluding carboxylic acids is 12. The second-order valence-corrected chi connectivity index (χ2v) is 34.7. The minimum absolute atomic E-state index is 0.0119. The van der Waals surface area contributed by atoms with Gasteiger partial charge in [0, 0.05) is 92.4 Å². The van der Waals surface area contributed by atoms with Gasteiger partial charge in [0.2, 0.25) is 53.2 Å². The van der Waals surface area contributed by atoms with Gasteiger partial charge in [-0.1, -0.05) is 91.6 Å². The van der Waals surface area contributed by atoms with Gasteiger partial charge >= 0.3 is 23.9 Å². The maximum Gasteiger partial charge on any atom is 0.328 e. The highest BCUT2D eigenvalue weighted by Gasteiger charge is 2.45. The predicted octanol–water partition coefficient (Wildman–Crippen LogP) is -0.548. The zero-order chi connectivity index (χ0) is 99.2. The third kappa shape index (κ3) is 44.5. The Morgan fingerprint density at radius 2 is 1.12 bits per heavy atom. The molecule has 2 saturated heterocycles. The average molecular weight is 1920 g/mol. The number of rotatable bonds is 74. The van der Waals surface area contributed by atoms with Crippen LogP contribution in [0.4, 0.5) is 0 Å². The van der Waals surface area contributed by atoms with Crippen molar-refractivity contribution < 1.29 is 165 Å². The topological polar surface area (TPSA) is 577 Å². The van der Waals surface area contributed by atoms with Gasteiger partial charge in [0.15, 0.2) is 25.2 Å². The van der Waals surface area contributed by atoms with Crippen LogP contribution in [0, 0.1) is 23.7 Å². The summed E-state index contributed by atoms with van der Waals surface area (Å²) >= 11 is 1.32. The van der Waals surface area contributed by atoms with E-state index in [9.17, 15) is 98.1 Å². The number of aliphatic carboxylic acids is 1. The van der Waals surface area contributed by atoms with Crippen LogP contribution in [0.2, 0.25) is 0 Å². The third-order valence-corrected chi connectivity index (χ3v) is 23.3. The van der Waals surface area contributed by atoms with Crippen molar-refractivity contribution in [3.8, 4) is 0 Å². The lowest BCUT2D eigenvalue weighted by Crippen LogP contribution is -2.59. The van der Waals surface area contributed by atoms with Gasteiger partial charge in [-0.05, 0) is 95.5 Å². The Hall–Kier alpha value is -7.84. The molecule has 0 radical (unpaired) electrons. The monoisotopic (exact) mass is 1920 g/mol. The SMILES string of the molecule is CC[C@H](C)[C@@H]([C@@H](CC(=O)N1CCC[C@H]1[C@H](OC)[C@@H](C)C(=O)N[C@@H](Cc1ccccc1)C(=O)NCCCOC(=O)C(C)NC(=O)CCCC(=O)OCC(COC(CO)OC(CO)COC(CO)OC(CO)CO)OC(CO)OCC(COC(=O)CCCC(=O)O)OC(CO)OCCNC(=O)CCCCCN1C(=O)CC(SC)C1=O)OC)N(C)C(=O)[C@@H](NC(=O)[C@H](C(C)C)N(C)C)C(C)C. The molecule has 13 N–H and O–H groups in total. The van der Waals surface area contributed by atoms with E-state index in [1.54, 1.807) is 60.4 Å². The molecule has 762 valence electrons. The first kappa shape index (κ1) is 119. The molecule has 18 atom stereocenters. The summed E-state index contributed by atoms with van der Waals surface area (Å²) in [4.78, 5) is 179. The summed E-state index contributed by atoms with van der Waals surface area (Å²) in [6.45, 7) is 6.33. The molecule has 0 aromatic heterocycles. The van der Waals surface area contributed by atoms with Crippen LogP contribution in [0.5, 0.6) is 0 Å². The molecule has 2 aliphatic rings. The Bertz CT molecular complexity index is 3590. The van der Waals surface area contributed by atoms with Gasteiger partial charge in [0.05, 0.1) is 127 Å². The fourth-order valence-corrected chi connectivity index (χ4v) is 15.6. The van der Waals surface area contributed by atoms with Gasteiger partial charge < -0.3 is 139 Å². The summed E-state index contributed by atoms with van der Waals surface area (Å²) in [6.07, 6.45) is -9.07. The van der Waals surface area contributed by atoms with Gasteiger partial charge in [0.25, 0.3) is 0 Å². The number of ether oxygens (including phenoxy) is 13. The quantitative estimate of drug-likeness (QED) is 0.0128. The van der Waals surface area contributed by atoms with Crippen molar-refractivity contribution in [3.63, 3.8) is 0 Å². The van der Waals surface area contributed by atoms with E-state index in [4.69, 9.17) is 66.7 Å². The Kier molecular flexibility index (Phi) is 59.8. The predicted molar refractivity (Wildman–Crippen MR) is 479 cm³/mol. The number of hydrogen-bond donors (Lipinski definition) is 13. The number of likely N-dealkylation sites (N-methyl/N-ethyl adjacent to an activating group) is 2. The first-order valence-corrected chi connectivity index (χ1v) is 46.9. The van der Waals surface area contributed by atoms with Crippen molar-refractivity contribution in [1.29, 1.82) is 0 Å². The molecule has 1 aromatic rings. The van der Waals surface area contributed by atoms with Crippen molar-refractivity contribution in [2.45, 2.75) is 268 Å². The Balaban J connectivity index is 1.67. The van der Waals surface area contributed by atoms with Gasteiger partial charge in [-0.15, -0.1) is 0 Å². The van der Waals surface area contributed by atoms with E-state index in [-0.39, 0.29) is 150 Å². The number of hydrogen-bond acceptors (Lipinski definition) is 35. The van der Waals surface area contributed by atoms with E-state index in [1.807, 2.05) is 60.5 Å². The van der Waals surface area contributed by atoms with Crippen molar-refractivity contribution in [3.05, 3.63) is 35.9 Å². The number of carboxylic acids is 1. The summed E-state index contributed by atoms with van der Waals surface area (Å²) in [5.74, 6) is -8.44. The smallest absolute Gasteiger partial charge is 0.328 e. The van der Waals surface area contributed by atoms with Gasteiger partial charge in [-0.2, -0.15) is 11.8 Å². The molecular formula is C89H151N9O34S. The highest BCUT2D eigenvalue weighted by molar-refractivity contribution is 8.00. The number of amides is 9. The first-order valence-electron chi connectivity index (χ1n) is 45.6. The van der Waals surface area contributed by atoms with Gasteiger partial charge in [-0.3, -0.25) is 67.3 Å². The fourth-order valence-electron chi connectivity index (χ4n) is 15.0. The second-order valence-electron chi connectivity index (χ2n) is 33.7. The number of aliphatic hydroxyl groups excluding tert-OH is 7. The average Bonchev–Trinajstić information content (AvgIpc) is 1.69. The van der Waals surface area contributed by atoms with Crippen LogP contribution < -0.4 is 26.6 Å². The van der Waals surface area contributed by atoms with Crippen molar-refractivity contribution in [2.75, 3.05) is 160 Å². The Morgan fingerprint density at radius 3 is 1.64 bits per heavy atom. The highest BCUT2D eigenvalue weighted by Crippen LogP contribution is 2.31. The molecule has 9 unspecified atom stereocenters. The molecule has 133 heavy (non-hydrogen) atoms. The summed E-state index contributed by atoms with van der Waals surface area (Å²) in [5, 5.41) is 92.6. The highest BCUT2D eigenvalue weighted by atomic mass is 32.2. The maximum atomic E-state index is 14.7. The summed E-state index contributed by atoms with van der Waals surface area (Å²) < 4.78 is 73.9. The lowest BCUT2D eigenvalue weighted by molar-refractivity contribution is -0.262. The summed E-state index contributed by atoms with van der Waals surface area (Å²) in [5.41, 5.74) is 0.732. The Labute approximate surface area is 784 Å². The molecule has 2 fully saturated rings. The summed E-state index contributed by atoms with van der Waals surface area (Å²) in [7, 11) is 8.26. The van der Waals surface area contributed by atoms with Crippen molar-refractivity contribution >= 4 is 88.8 Å². The number of carbonyl (C=O) groups is 13. The van der Waals surface area contributed by atoms with Crippen LogP contribution in [0.25, 0.3) is 0 Å². The van der Waals surface area contributed by atoms with E-state index < -0.39 is 237 Å². The molecule has 9 amide bonds. The molecule has 3 rings (SSSR count). The molecule has 0 bridgehead atoms. The molecule has 1 aromatic carbocycles. The Morgan fingerprint density at radius 1 is 0.564 bits per heavy atom. The van der Waals surface area contributed by atoms with E-state index in [2.05, 4.69) is 26.6 Å². The minimum atomic E-state index is -1.67. The normalized spacial score (nSPS) is 17.8. The van der Waals surface area contributed by atoms with Crippen LogP contribution in [0.1, 0.15) is 164 Å². The van der Waals surface area contributed by atoms with Crippen LogP contribution in [-0.4, -0.2) is 401 Å². The number of benzene rings is 1. The van der Waals surface area contributed by atoms with Crippen LogP contribution in [0.3, 0.4) is 0 Å². The zero-order valence-electron chi connectivity index (χ0n) is 79.6. The zero-order valence-corrected chi connectivity index (χ0v) is 80.5. The standard InChI is InChI=1S/C89H151N9O34S/c1-15-57(6)82(96(11)88(118)80(55(2)3)94-86(116)81(56(4)5)95(9)10)67(120-12)41-71(108)97-37-24-28-66(97)83(121-13)58(7)84(114)93-65(40-60-26-18-16-19-27-60)85(115)91-34-25-38-123-89(119)59(8)92-70(107)30-22-32-74(112)124-52-64(54-127-78(48-104)130-62(45-101)50-126-77(47-103)129-61(43-99)44-100)132-79(49-105)128-53-63(51-125-75(113)33-23-31-73(110)111)131-76(46-102)122-39-35-90-69(106)29-20-17-21-36-98-72(109)42-68(133-14)87(98)117/h16,18-19,26-27,55-59,61-68,76-83,99-105H,15,17,20-25,28-54H2,1-14H3,(H,90,106)(H,91,115)(H,92,107)(H,93,114)(H,94,116)(H,110,111)/t57-,58+,59?,62?,63?,64?,65-,66-,67+,68?,76?,77?,78?,79?,80-,81-,82-,83+/m0/s1. The number of imide groups is 1. The first-order chi connectivity index (χ1) is 63.4.